The Balaban J connectivity index is 1.48. The van der Waals surface area contributed by atoms with Gasteiger partial charge in [0.05, 0.1) is 27.4 Å². The highest BCUT2D eigenvalue weighted by molar-refractivity contribution is 6.23. The molecule has 1 aliphatic carbocycles. The molecule has 1 aliphatic heterocycles. The highest BCUT2D eigenvalue weighted by Crippen LogP contribution is 2.62. The zero-order valence-corrected chi connectivity index (χ0v) is 36.3. The molecular formula is C55H51NO3. The second-order valence-electron chi connectivity index (χ2n) is 21.7. The van der Waals surface area contributed by atoms with Gasteiger partial charge in [-0.2, -0.15) is 0 Å². The average molecular weight is 774 g/mol. The molecule has 0 saturated carbocycles. The van der Waals surface area contributed by atoms with Gasteiger partial charge in [-0.25, -0.2) is 0 Å². The van der Waals surface area contributed by atoms with Crippen molar-refractivity contribution in [1.29, 1.82) is 0 Å². The predicted molar refractivity (Wildman–Crippen MR) is 247 cm³/mol. The van der Waals surface area contributed by atoms with Gasteiger partial charge in [-0.15, -0.1) is 0 Å². The third kappa shape index (κ3) is 4.50. The number of aromatic nitrogens is 1. The van der Waals surface area contributed by atoms with E-state index in [1.807, 2.05) is 30.3 Å². The molecule has 4 nitrogen and oxygen atoms in total. The highest BCUT2D eigenvalue weighted by atomic mass is 16.3. The van der Waals surface area contributed by atoms with Gasteiger partial charge < -0.3 is 8.82 Å². The standard InChI is InChI=1S/C55H51NO3/c1-51(2,3)28-17-19-39-33(21-28)34-22-29(52(4,5)6)18-20-40(34)55(39)41-25-30(53(7,8)9)23-36-45(41)56-46-37(24-31(26-42(46)55)54(10,11)12)49(58)44-47(56)38(48(36)57)27-35-32-15-13-14-16-43(32)59-50(35)44/h13-27H,1-12H3. The molecule has 4 heteroatoms. The molecule has 294 valence electrons. The van der Waals surface area contributed by atoms with Gasteiger partial charge >= 0.3 is 0 Å². The quantitative estimate of drug-likeness (QED) is 0.114. The van der Waals surface area contributed by atoms with Crippen LogP contribution in [0.3, 0.4) is 0 Å². The number of para-hydroxylation sites is 1. The first-order chi connectivity index (χ1) is 27.6. The van der Waals surface area contributed by atoms with Crippen LogP contribution < -0.4 is 10.9 Å². The normalized spacial score (nSPS) is 15.1. The molecule has 1 spiro atoms. The third-order valence-corrected chi connectivity index (χ3v) is 13.9. The average Bonchev–Trinajstić information content (AvgIpc) is 3.68. The smallest absolute Gasteiger partial charge is 0.201 e. The molecule has 3 aromatic heterocycles. The fourth-order valence-corrected chi connectivity index (χ4v) is 10.6. The van der Waals surface area contributed by atoms with Crippen molar-refractivity contribution in [2.75, 3.05) is 0 Å². The minimum absolute atomic E-state index is 0.0576. The van der Waals surface area contributed by atoms with Crippen LogP contribution in [0.2, 0.25) is 0 Å². The van der Waals surface area contributed by atoms with Crippen molar-refractivity contribution in [3.63, 3.8) is 0 Å². The van der Waals surface area contributed by atoms with Gasteiger partial charge in [-0.1, -0.05) is 150 Å². The van der Waals surface area contributed by atoms with E-state index >= 15 is 9.59 Å². The lowest BCUT2D eigenvalue weighted by Gasteiger charge is -2.41. The summed E-state index contributed by atoms with van der Waals surface area (Å²) in [7, 11) is 0. The Kier molecular flexibility index (Phi) is 6.71. The second kappa shape index (κ2) is 10.9. The minimum atomic E-state index is -0.830. The largest absolute Gasteiger partial charge is 0.455 e. The molecule has 0 N–H and O–H groups in total. The Labute approximate surface area is 344 Å². The van der Waals surface area contributed by atoms with E-state index in [4.69, 9.17) is 4.42 Å². The fourth-order valence-electron chi connectivity index (χ4n) is 10.6. The Morgan fingerprint density at radius 2 is 0.915 bits per heavy atom. The van der Waals surface area contributed by atoms with E-state index in [2.05, 4.69) is 148 Å². The van der Waals surface area contributed by atoms with Gasteiger partial charge in [0.2, 0.25) is 5.43 Å². The van der Waals surface area contributed by atoms with Crippen LogP contribution in [-0.2, 0) is 27.1 Å². The predicted octanol–water partition coefficient (Wildman–Crippen LogP) is 13.3. The molecule has 4 heterocycles. The van der Waals surface area contributed by atoms with Gasteiger partial charge in [-0.3, -0.25) is 9.59 Å². The Morgan fingerprint density at radius 1 is 0.441 bits per heavy atom. The third-order valence-electron chi connectivity index (χ3n) is 13.9. The molecule has 0 bridgehead atoms. The number of nitrogens with zero attached hydrogens (tertiary/aromatic N) is 1. The van der Waals surface area contributed by atoms with E-state index < -0.39 is 5.41 Å². The van der Waals surface area contributed by atoms with Crippen molar-refractivity contribution < 1.29 is 4.42 Å². The second-order valence-corrected chi connectivity index (χ2v) is 21.7. The minimum Gasteiger partial charge on any atom is -0.455 e. The van der Waals surface area contributed by atoms with Crippen molar-refractivity contribution in [1.82, 2.24) is 4.40 Å². The van der Waals surface area contributed by atoms with E-state index in [-0.39, 0.29) is 32.5 Å². The molecule has 9 aromatic rings. The first-order valence-electron chi connectivity index (χ1n) is 21.2. The summed E-state index contributed by atoms with van der Waals surface area (Å²) in [5.74, 6) is 0. The lowest BCUT2D eigenvalue weighted by molar-refractivity contribution is 0.584. The zero-order valence-electron chi connectivity index (χ0n) is 36.3. The highest BCUT2D eigenvalue weighted by Gasteiger charge is 2.52. The van der Waals surface area contributed by atoms with Crippen LogP contribution in [-0.4, -0.2) is 4.40 Å². The number of pyridine rings is 2. The molecule has 2 aliphatic rings. The van der Waals surface area contributed by atoms with Gasteiger partial charge in [0, 0.05) is 26.9 Å². The van der Waals surface area contributed by atoms with Crippen LogP contribution in [0.25, 0.3) is 71.2 Å². The Morgan fingerprint density at radius 3 is 1.42 bits per heavy atom. The number of rotatable bonds is 0. The van der Waals surface area contributed by atoms with Crippen molar-refractivity contribution in [3.05, 3.63) is 156 Å². The molecule has 11 rings (SSSR count). The summed E-state index contributed by atoms with van der Waals surface area (Å²) in [4.78, 5) is 31.2. The van der Waals surface area contributed by atoms with E-state index in [0.717, 1.165) is 44.1 Å². The van der Waals surface area contributed by atoms with Gasteiger partial charge in [0.1, 0.15) is 11.2 Å². The van der Waals surface area contributed by atoms with Crippen LogP contribution in [0.1, 0.15) is 128 Å². The molecule has 6 aromatic carbocycles. The van der Waals surface area contributed by atoms with E-state index in [9.17, 15) is 0 Å². The molecule has 0 atom stereocenters. The fraction of sp³-hybridized carbons (Fsp3) is 0.309. The summed E-state index contributed by atoms with van der Waals surface area (Å²) < 4.78 is 8.94. The molecular weight excluding hydrogens is 723 g/mol. The SMILES string of the molecule is CC(C)(C)c1ccc2c(c1)-c1cc(C(C)(C)C)ccc1C21c2cc(C(C)(C)C)cc3c(=O)c4cc5c6ccccc6oc5c5c(=O)c6cc(C(C)(C)C)cc1c6n(c23)c45. The summed E-state index contributed by atoms with van der Waals surface area (Å²) in [6, 6.07) is 33.1. The van der Waals surface area contributed by atoms with E-state index in [1.165, 1.54) is 33.4 Å². The Hall–Kier alpha value is -5.74. The topological polar surface area (TPSA) is 51.7 Å². The van der Waals surface area contributed by atoms with Gasteiger partial charge in [0.25, 0.3) is 0 Å². The monoisotopic (exact) mass is 773 g/mol. The van der Waals surface area contributed by atoms with Crippen molar-refractivity contribution in [2.24, 2.45) is 0 Å². The number of fused-ring (bicyclic) bond motifs is 11. The molecule has 0 amide bonds. The summed E-state index contributed by atoms with van der Waals surface area (Å²) in [6.07, 6.45) is 0. The number of benzene rings is 6. The van der Waals surface area contributed by atoms with Crippen LogP contribution >= 0.6 is 0 Å². The number of hydrogen-bond donors (Lipinski definition) is 0. The maximum absolute atomic E-state index is 15.7. The maximum atomic E-state index is 15.7. The molecule has 0 radical (unpaired) electrons. The first kappa shape index (κ1) is 36.3. The Bertz CT molecular complexity index is 3420. The zero-order chi connectivity index (χ0) is 41.7. The summed E-state index contributed by atoms with van der Waals surface area (Å²) in [5.41, 5.74) is 13.6. The first-order valence-corrected chi connectivity index (χ1v) is 21.2. The van der Waals surface area contributed by atoms with Crippen molar-refractivity contribution in [3.8, 4) is 11.1 Å². The number of furan rings is 1. The van der Waals surface area contributed by atoms with E-state index in [0.29, 0.717) is 38.2 Å². The van der Waals surface area contributed by atoms with Crippen LogP contribution in [0.15, 0.2) is 105 Å². The molecule has 59 heavy (non-hydrogen) atoms. The molecule has 0 unspecified atom stereocenters. The lowest BCUT2D eigenvalue weighted by atomic mass is 9.63. The lowest BCUT2D eigenvalue weighted by Crippen LogP contribution is -2.35. The van der Waals surface area contributed by atoms with Crippen molar-refractivity contribution >= 4 is 60.0 Å². The van der Waals surface area contributed by atoms with Crippen LogP contribution in [0.4, 0.5) is 0 Å². The van der Waals surface area contributed by atoms with Crippen LogP contribution in [0, 0.1) is 0 Å². The van der Waals surface area contributed by atoms with E-state index in [1.54, 1.807) is 0 Å². The maximum Gasteiger partial charge on any atom is 0.201 e. The molecule has 0 saturated heterocycles. The summed E-state index contributed by atoms with van der Waals surface area (Å²) in [6.45, 7) is 27.1. The van der Waals surface area contributed by atoms with Gasteiger partial charge in [0.15, 0.2) is 5.43 Å². The summed E-state index contributed by atoms with van der Waals surface area (Å²) >= 11 is 0. The van der Waals surface area contributed by atoms with Crippen molar-refractivity contribution in [2.45, 2.75) is 110 Å². The van der Waals surface area contributed by atoms with Crippen LogP contribution in [0.5, 0.6) is 0 Å². The van der Waals surface area contributed by atoms with Gasteiger partial charge in [-0.05, 0) is 102 Å². The molecule has 0 fully saturated rings. The number of hydrogen-bond acceptors (Lipinski definition) is 3. The summed E-state index contributed by atoms with van der Waals surface area (Å²) in [5, 5.41) is 4.02.